The number of hydrogen-bond donors (Lipinski definition) is 0. The smallest absolute Gasteiger partial charge is 0.164 e. The van der Waals surface area contributed by atoms with Gasteiger partial charge in [0.05, 0.1) is 11.6 Å². The van der Waals surface area contributed by atoms with Crippen molar-refractivity contribution in [3.8, 4) is 73.6 Å². The average Bonchev–Trinajstić information content (AvgIpc) is 3.23. The standard InChI is InChI=1S/C48H30N4/c49-31-32-18-20-35(21-19-32)45-42-16-8-7-10-34(42)26-29-44(45)43-17-9-15-40-30-39(27-28-41(40)43)33-22-24-38(25-23-33)48-51-46(36-11-3-1-4-12-36)50-47(52-48)37-13-5-2-6-14-37/h1-30H. The zero-order chi connectivity index (χ0) is 34.9. The molecule has 0 fully saturated rings. The van der Waals surface area contributed by atoms with Crippen molar-refractivity contribution in [2.24, 2.45) is 0 Å². The summed E-state index contributed by atoms with van der Waals surface area (Å²) in [6, 6.07) is 64.8. The predicted octanol–water partition coefficient (Wildman–Crippen LogP) is 12.1. The van der Waals surface area contributed by atoms with E-state index >= 15 is 0 Å². The fraction of sp³-hybridized carbons (Fsp3) is 0. The first-order chi connectivity index (χ1) is 25.7. The van der Waals surface area contributed by atoms with Gasteiger partial charge in [0.25, 0.3) is 0 Å². The monoisotopic (exact) mass is 662 g/mol. The van der Waals surface area contributed by atoms with Gasteiger partial charge in [-0.3, -0.25) is 0 Å². The molecular formula is C48H30N4. The summed E-state index contributed by atoms with van der Waals surface area (Å²) < 4.78 is 0. The minimum atomic E-state index is 0.635. The highest BCUT2D eigenvalue weighted by atomic mass is 15.0. The Kier molecular flexibility index (Phi) is 7.85. The molecule has 0 spiro atoms. The van der Waals surface area contributed by atoms with Crippen LogP contribution < -0.4 is 0 Å². The van der Waals surface area contributed by atoms with Gasteiger partial charge in [0.15, 0.2) is 17.5 Å². The Hall–Kier alpha value is -7.22. The molecule has 1 heterocycles. The van der Waals surface area contributed by atoms with Crippen LogP contribution in [0.4, 0.5) is 0 Å². The first-order valence-electron chi connectivity index (χ1n) is 17.2. The van der Waals surface area contributed by atoms with Crippen LogP contribution in [0, 0.1) is 11.3 Å². The van der Waals surface area contributed by atoms with E-state index in [1.807, 2.05) is 72.8 Å². The molecule has 0 amide bonds. The lowest BCUT2D eigenvalue weighted by Gasteiger charge is -2.16. The van der Waals surface area contributed by atoms with E-state index in [9.17, 15) is 5.26 Å². The van der Waals surface area contributed by atoms with Crippen LogP contribution in [0.5, 0.6) is 0 Å². The zero-order valence-corrected chi connectivity index (χ0v) is 28.1. The lowest BCUT2D eigenvalue weighted by atomic mass is 9.87. The highest BCUT2D eigenvalue weighted by Gasteiger charge is 2.16. The molecule has 0 N–H and O–H groups in total. The first kappa shape index (κ1) is 30.8. The largest absolute Gasteiger partial charge is 0.208 e. The van der Waals surface area contributed by atoms with E-state index in [0.717, 1.165) is 44.3 Å². The number of nitriles is 1. The highest BCUT2D eigenvalue weighted by molar-refractivity contribution is 6.09. The summed E-state index contributed by atoms with van der Waals surface area (Å²) in [4.78, 5) is 14.6. The molecule has 0 unspecified atom stereocenters. The first-order valence-corrected chi connectivity index (χ1v) is 17.2. The Morgan fingerprint density at radius 2 is 0.885 bits per heavy atom. The number of benzene rings is 8. The van der Waals surface area contributed by atoms with Crippen molar-refractivity contribution >= 4 is 21.5 Å². The summed E-state index contributed by atoms with van der Waals surface area (Å²) >= 11 is 0. The van der Waals surface area contributed by atoms with Crippen LogP contribution in [0.1, 0.15) is 5.56 Å². The van der Waals surface area contributed by atoms with E-state index in [-0.39, 0.29) is 0 Å². The van der Waals surface area contributed by atoms with Gasteiger partial charge in [0.1, 0.15) is 0 Å². The van der Waals surface area contributed by atoms with Gasteiger partial charge >= 0.3 is 0 Å². The van der Waals surface area contributed by atoms with E-state index in [4.69, 9.17) is 15.0 Å². The Bertz CT molecular complexity index is 2710. The van der Waals surface area contributed by atoms with E-state index in [1.165, 1.54) is 27.3 Å². The van der Waals surface area contributed by atoms with Crippen LogP contribution in [-0.4, -0.2) is 15.0 Å². The molecule has 0 atom stereocenters. The van der Waals surface area contributed by atoms with Crippen LogP contribution in [0.15, 0.2) is 182 Å². The Morgan fingerprint density at radius 3 is 1.54 bits per heavy atom. The number of nitrogens with zero attached hydrogens (tertiary/aromatic N) is 4. The number of fused-ring (bicyclic) bond motifs is 2. The van der Waals surface area contributed by atoms with Gasteiger partial charge in [0, 0.05) is 16.7 Å². The lowest BCUT2D eigenvalue weighted by molar-refractivity contribution is 1.07. The predicted molar refractivity (Wildman–Crippen MR) is 212 cm³/mol. The van der Waals surface area contributed by atoms with Gasteiger partial charge in [-0.1, -0.05) is 164 Å². The maximum absolute atomic E-state index is 9.43. The second-order valence-electron chi connectivity index (χ2n) is 12.8. The van der Waals surface area contributed by atoms with Gasteiger partial charge in [-0.25, -0.2) is 15.0 Å². The molecular weight excluding hydrogens is 633 g/mol. The summed E-state index contributed by atoms with van der Waals surface area (Å²) in [6.07, 6.45) is 0. The van der Waals surface area contributed by atoms with Crippen LogP contribution >= 0.6 is 0 Å². The Morgan fingerprint density at radius 1 is 0.346 bits per heavy atom. The summed E-state index contributed by atoms with van der Waals surface area (Å²) in [6.45, 7) is 0. The summed E-state index contributed by atoms with van der Waals surface area (Å²) in [5, 5.41) is 14.1. The lowest BCUT2D eigenvalue weighted by Crippen LogP contribution is -2.00. The van der Waals surface area contributed by atoms with E-state index in [2.05, 4.69) is 115 Å². The van der Waals surface area contributed by atoms with E-state index in [1.54, 1.807) is 0 Å². The van der Waals surface area contributed by atoms with Crippen molar-refractivity contribution in [3.63, 3.8) is 0 Å². The molecule has 9 aromatic rings. The molecule has 242 valence electrons. The SMILES string of the molecule is N#Cc1ccc(-c2c(-c3cccc4cc(-c5ccc(-c6nc(-c7ccccc7)nc(-c7ccccc7)n6)cc5)ccc34)ccc3ccccc23)cc1. The number of rotatable bonds is 6. The van der Waals surface area contributed by atoms with Crippen molar-refractivity contribution in [1.82, 2.24) is 15.0 Å². The highest BCUT2D eigenvalue weighted by Crippen LogP contribution is 2.41. The molecule has 0 saturated heterocycles. The molecule has 4 nitrogen and oxygen atoms in total. The molecule has 0 aliphatic carbocycles. The number of aromatic nitrogens is 3. The van der Waals surface area contributed by atoms with E-state index < -0.39 is 0 Å². The molecule has 4 heteroatoms. The van der Waals surface area contributed by atoms with Gasteiger partial charge in [0.2, 0.25) is 0 Å². The molecule has 0 saturated carbocycles. The molecule has 0 bridgehead atoms. The summed E-state index contributed by atoms with van der Waals surface area (Å²) in [7, 11) is 0. The molecule has 0 aliphatic heterocycles. The molecule has 0 aliphatic rings. The minimum absolute atomic E-state index is 0.635. The van der Waals surface area contributed by atoms with Crippen LogP contribution in [0.3, 0.4) is 0 Å². The normalized spacial score (nSPS) is 11.1. The molecule has 52 heavy (non-hydrogen) atoms. The number of hydrogen-bond acceptors (Lipinski definition) is 4. The maximum Gasteiger partial charge on any atom is 0.164 e. The zero-order valence-electron chi connectivity index (χ0n) is 28.1. The molecule has 8 aromatic carbocycles. The molecule has 1 aromatic heterocycles. The average molecular weight is 663 g/mol. The van der Waals surface area contributed by atoms with Crippen molar-refractivity contribution in [2.75, 3.05) is 0 Å². The Balaban J connectivity index is 1.10. The summed E-state index contributed by atoms with van der Waals surface area (Å²) in [5.41, 5.74) is 10.3. The van der Waals surface area contributed by atoms with E-state index in [0.29, 0.717) is 23.0 Å². The van der Waals surface area contributed by atoms with Crippen LogP contribution in [-0.2, 0) is 0 Å². The van der Waals surface area contributed by atoms with Crippen molar-refractivity contribution < 1.29 is 0 Å². The topological polar surface area (TPSA) is 62.5 Å². The Labute approximate surface area is 302 Å². The van der Waals surface area contributed by atoms with Crippen molar-refractivity contribution in [1.29, 1.82) is 5.26 Å². The van der Waals surface area contributed by atoms with Gasteiger partial charge in [-0.05, 0) is 73.1 Å². The van der Waals surface area contributed by atoms with Gasteiger partial charge < -0.3 is 0 Å². The van der Waals surface area contributed by atoms with Gasteiger partial charge in [-0.15, -0.1) is 0 Å². The summed E-state index contributed by atoms with van der Waals surface area (Å²) in [5.74, 6) is 1.93. The van der Waals surface area contributed by atoms with Crippen molar-refractivity contribution in [3.05, 3.63) is 188 Å². The van der Waals surface area contributed by atoms with Crippen LogP contribution in [0.2, 0.25) is 0 Å². The van der Waals surface area contributed by atoms with Crippen molar-refractivity contribution in [2.45, 2.75) is 0 Å². The molecule has 0 radical (unpaired) electrons. The van der Waals surface area contributed by atoms with Gasteiger partial charge in [-0.2, -0.15) is 5.26 Å². The fourth-order valence-electron chi connectivity index (χ4n) is 6.97. The second kappa shape index (κ2) is 13.2. The molecule has 9 rings (SSSR count). The third-order valence-corrected chi connectivity index (χ3v) is 9.58. The maximum atomic E-state index is 9.43. The third kappa shape index (κ3) is 5.77. The minimum Gasteiger partial charge on any atom is -0.208 e. The van der Waals surface area contributed by atoms with Crippen LogP contribution in [0.25, 0.3) is 89.1 Å². The third-order valence-electron chi connectivity index (χ3n) is 9.58. The quantitative estimate of drug-likeness (QED) is 0.178. The second-order valence-corrected chi connectivity index (χ2v) is 12.8. The fourth-order valence-corrected chi connectivity index (χ4v) is 6.97.